The van der Waals surface area contributed by atoms with Gasteiger partial charge in [0.05, 0.1) is 12.4 Å². The second-order valence-electron chi connectivity index (χ2n) is 4.20. The van der Waals surface area contributed by atoms with Crippen molar-refractivity contribution in [3.8, 4) is 5.75 Å². The van der Waals surface area contributed by atoms with E-state index in [9.17, 15) is 12.8 Å². The second-order valence-corrected chi connectivity index (χ2v) is 6.85. The number of sulfonamides is 1. The Bertz CT molecular complexity index is 508. The van der Waals surface area contributed by atoms with E-state index in [-0.39, 0.29) is 11.5 Å². The molecule has 0 amide bonds. The summed E-state index contributed by atoms with van der Waals surface area (Å²) in [7, 11) is -3.35. The quantitative estimate of drug-likeness (QED) is 0.730. The maximum absolute atomic E-state index is 13.4. The van der Waals surface area contributed by atoms with Crippen LogP contribution in [0.25, 0.3) is 0 Å². The van der Waals surface area contributed by atoms with E-state index in [1.165, 1.54) is 6.07 Å². The van der Waals surface area contributed by atoms with Crippen molar-refractivity contribution in [1.29, 1.82) is 0 Å². The highest BCUT2D eigenvalue weighted by atomic mass is 79.9. The first-order valence-corrected chi connectivity index (χ1v) is 8.47. The predicted molar refractivity (Wildman–Crippen MR) is 76.0 cm³/mol. The predicted octanol–water partition coefficient (Wildman–Crippen LogP) is 2.82. The Kier molecular flexibility index (Phi) is 6.74. The summed E-state index contributed by atoms with van der Waals surface area (Å²) in [4.78, 5) is 0. The summed E-state index contributed by atoms with van der Waals surface area (Å²) < 4.78 is 40.7. The van der Waals surface area contributed by atoms with E-state index >= 15 is 0 Å². The van der Waals surface area contributed by atoms with E-state index < -0.39 is 15.8 Å². The van der Waals surface area contributed by atoms with Crippen molar-refractivity contribution in [3.63, 3.8) is 0 Å². The van der Waals surface area contributed by atoms with Crippen molar-refractivity contribution in [2.75, 3.05) is 12.4 Å². The third-order valence-corrected chi connectivity index (χ3v) is 3.83. The van der Waals surface area contributed by atoms with Crippen LogP contribution in [0.2, 0.25) is 0 Å². The number of rotatable bonds is 8. The molecule has 19 heavy (non-hydrogen) atoms. The van der Waals surface area contributed by atoms with Gasteiger partial charge in [-0.2, -0.15) is 0 Å². The fraction of sp³-hybridized carbons (Fsp3) is 0.500. The smallest absolute Gasteiger partial charge is 0.209 e. The van der Waals surface area contributed by atoms with Crippen molar-refractivity contribution >= 4 is 26.0 Å². The van der Waals surface area contributed by atoms with Gasteiger partial charge in [0.25, 0.3) is 0 Å². The van der Waals surface area contributed by atoms with E-state index in [2.05, 4.69) is 15.9 Å². The minimum atomic E-state index is -3.35. The topological polar surface area (TPSA) is 69.4 Å². The number of hydrogen-bond acceptors (Lipinski definition) is 3. The lowest BCUT2D eigenvalue weighted by molar-refractivity contribution is 0.290. The number of ether oxygens (including phenoxy) is 1. The molecule has 7 heteroatoms. The largest absolute Gasteiger partial charge is 0.491 e. The highest BCUT2D eigenvalue weighted by Gasteiger charge is 2.04. The Balaban J connectivity index is 2.14. The Morgan fingerprint density at radius 1 is 1.21 bits per heavy atom. The molecule has 0 unspecified atom stereocenters. The molecular formula is C12H17BrFNO3S. The molecule has 0 bridgehead atoms. The molecule has 108 valence electrons. The summed E-state index contributed by atoms with van der Waals surface area (Å²) in [5, 5.41) is 4.88. The first-order chi connectivity index (χ1) is 8.88. The molecule has 0 radical (unpaired) electrons. The van der Waals surface area contributed by atoms with Crippen LogP contribution in [0.3, 0.4) is 0 Å². The first-order valence-electron chi connectivity index (χ1n) is 5.97. The maximum atomic E-state index is 13.4. The lowest BCUT2D eigenvalue weighted by Gasteiger charge is -2.07. The average molecular weight is 354 g/mol. The Labute approximate surface area is 121 Å². The Morgan fingerprint density at radius 3 is 2.53 bits per heavy atom. The zero-order valence-corrected chi connectivity index (χ0v) is 12.8. The van der Waals surface area contributed by atoms with Crippen molar-refractivity contribution in [3.05, 3.63) is 28.5 Å². The summed E-state index contributed by atoms with van der Waals surface area (Å²) >= 11 is 3.17. The van der Waals surface area contributed by atoms with Crippen LogP contribution >= 0.6 is 15.9 Å². The Morgan fingerprint density at radius 2 is 1.89 bits per heavy atom. The van der Waals surface area contributed by atoms with Gasteiger partial charge >= 0.3 is 0 Å². The number of unbranched alkanes of at least 4 members (excludes halogenated alkanes) is 3. The maximum Gasteiger partial charge on any atom is 0.209 e. The van der Waals surface area contributed by atoms with Crippen LogP contribution in [-0.2, 0) is 10.0 Å². The zero-order valence-electron chi connectivity index (χ0n) is 10.4. The molecule has 0 aliphatic carbocycles. The van der Waals surface area contributed by atoms with Gasteiger partial charge < -0.3 is 4.74 Å². The molecule has 0 atom stereocenters. The van der Waals surface area contributed by atoms with Gasteiger partial charge in [-0.15, -0.1) is 0 Å². The van der Waals surface area contributed by atoms with E-state index in [1.54, 1.807) is 12.1 Å². The summed E-state index contributed by atoms with van der Waals surface area (Å²) in [6.45, 7) is 0.411. The van der Waals surface area contributed by atoms with Gasteiger partial charge in [0, 0.05) is 4.47 Å². The molecule has 4 nitrogen and oxygen atoms in total. The number of benzene rings is 1. The summed E-state index contributed by atoms with van der Waals surface area (Å²) in [5.74, 6) is -0.161. The second kappa shape index (κ2) is 7.81. The van der Waals surface area contributed by atoms with Crippen molar-refractivity contribution in [2.24, 2.45) is 5.14 Å². The minimum Gasteiger partial charge on any atom is -0.491 e. The first kappa shape index (κ1) is 16.4. The molecule has 1 aromatic carbocycles. The fourth-order valence-corrected chi connectivity index (χ4v) is 2.47. The van der Waals surface area contributed by atoms with Crippen molar-refractivity contribution in [1.82, 2.24) is 0 Å². The third kappa shape index (κ3) is 7.49. The molecule has 0 spiro atoms. The summed E-state index contributed by atoms with van der Waals surface area (Å²) in [6, 6.07) is 4.63. The van der Waals surface area contributed by atoms with Crippen molar-refractivity contribution in [2.45, 2.75) is 25.7 Å². The molecule has 0 aliphatic heterocycles. The molecule has 0 saturated carbocycles. The summed E-state index contributed by atoms with van der Waals surface area (Å²) in [5.41, 5.74) is 0. The van der Waals surface area contributed by atoms with E-state index in [0.717, 1.165) is 19.3 Å². The zero-order chi connectivity index (χ0) is 14.3. The molecule has 2 N–H and O–H groups in total. The van der Waals surface area contributed by atoms with Gasteiger partial charge in [-0.3, -0.25) is 0 Å². The van der Waals surface area contributed by atoms with Gasteiger partial charge in [0.15, 0.2) is 11.6 Å². The van der Waals surface area contributed by atoms with Gasteiger partial charge in [-0.25, -0.2) is 17.9 Å². The number of primary sulfonamides is 1. The molecule has 0 fully saturated rings. The molecule has 0 heterocycles. The number of hydrogen-bond donors (Lipinski definition) is 1. The highest BCUT2D eigenvalue weighted by molar-refractivity contribution is 9.10. The van der Waals surface area contributed by atoms with Gasteiger partial charge in [0.1, 0.15) is 0 Å². The van der Waals surface area contributed by atoms with Crippen LogP contribution in [0.5, 0.6) is 5.75 Å². The van der Waals surface area contributed by atoms with Crippen LogP contribution in [0.4, 0.5) is 4.39 Å². The van der Waals surface area contributed by atoms with Gasteiger partial charge in [-0.1, -0.05) is 28.8 Å². The third-order valence-electron chi connectivity index (χ3n) is 2.47. The lowest BCUT2D eigenvalue weighted by Crippen LogP contribution is -2.16. The lowest BCUT2D eigenvalue weighted by atomic mass is 10.2. The Hall–Kier alpha value is -0.660. The van der Waals surface area contributed by atoms with Crippen molar-refractivity contribution < 1.29 is 17.5 Å². The van der Waals surface area contributed by atoms with E-state index in [0.29, 0.717) is 17.5 Å². The molecule has 1 rings (SSSR count). The monoisotopic (exact) mass is 353 g/mol. The molecule has 0 saturated heterocycles. The van der Waals surface area contributed by atoms with Gasteiger partial charge in [0.2, 0.25) is 10.0 Å². The standard InChI is InChI=1S/C12H17BrFNO3S/c13-10-5-6-12(11(14)9-10)18-7-3-1-2-4-8-19(15,16)17/h5-6,9H,1-4,7-8H2,(H2,15,16,17). The van der Waals surface area contributed by atoms with E-state index in [4.69, 9.17) is 9.88 Å². The van der Waals surface area contributed by atoms with Crippen LogP contribution in [0.1, 0.15) is 25.7 Å². The van der Waals surface area contributed by atoms with Crippen LogP contribution in [0, 0.1) is 5.82 Å². The van der Waals surface area contributed by atoms with Gasteiger partial charge in [-0.05, 0) is 31.0 Å². The number of halogens is 2. The summed E-state index contributed by atoms with van der Waals surface area (Å²) in [6.07, 6.45) is 2.89. The highest BCUT2D eigenvalue weighted by Crippen LogP contribution is 2.21. The van der Waals surface area contributed by atoms with E-state index in [1.807, 2.05) is 0 Å². The van der Waals surface area contributed by atoms with Crippen LogP contribution in [0.15, 0.2) is 22.7 Å². The minimum absolute atomic E-state index is 0.00912. The molecular weight excluding hydrogens is 337 g/mol. The SMILES string of the molecule is NS(=O)(=O)CCCCCCOc1ccc(Br)cc1F. The molecule has 0 aliphatic rings. The average Bonchev–Trinajstić information content (AvgIpc) is 2.29. The normalized spacial score (nSPS) is 11.5. The molecule has 0 aromatic heterocycles. The van der Waals surface area contributed by atoms with Crippen LogP contribution < -0.4 is 9.88 Å². The van der Waals surface area contributed by atoms with Crippen LogP contribution in [-0.4, -0.2) is 20.8 Å². The fourth-order valence-electron chi connectivity index (χ4n) is 1.53. The number of nitrogens with two attached hydrogens (primary N) is 1. The molecule has 1 aromatic rings.